The number of aliphatic hydroxyl groups is 1. The molecule has 0 saturated carbocycles. The zero-order valence-electron chi connectivity index (χ0n) is 10.5. The van der Waals surface area contributed by atoms with Gasteiger partial charge in [0.2, 0.25) is 0 Å². The summed E-state index contributed by atoms with van der Waals surface area (Å²) in [6.45, 7) is 3.35. The number of hydrogen-bond acceptors (Lipinski definition) is 1. The van der Waals surface area contributed by atoms with Gasteiger partial charge in [-0.3, -0.25) is 0 Å². The Bertz CT molecular complexity index is 626. The largest absolute Gasteiger partial charge is 0.384 e. The maximum Gasteiger partial charge on any atom is 0.129 e. The van der Waals surface area contributed by atoms with Gasteiger partial charge < -0.3 is 5.11 Å². The molecule has 0 spiro atoms. The molecule has 1 atom stereocenters. The first-order valence-corrected chi connectivity index (χ1v) is 6.59. The molecule has 0 aliphatic carbocycles. The molecular formula is C15H13BrF2O. The lowest BCUT2D eigenvalue weighted by molar-refractivity contribution is 0.213. The smallest absolute Gasteiger partial charge is 0.129 e. The van der Waals surface area contributed by atoms with E-state index in [0.717, 1.165) is 17.7 Å². The predicted molar refractivity (Wildman–Crippen MR) is 74.0 cm³/mol. The van der Waals surface area contributed by atoms with Crippen LogP contribution in [0.2, 0.25) is 0 Å². The molecule has 1 N–H and O–H groups in total. The normalized spacial score (nSPS) is 12.5. The Morgan fingerprint density at radius 3 is 2.37 bits per heavy atom. The average Bonchev–Trinajstić information content (AvgIpc) is 2.36. The van der Waals surface area contributed by atoms with Crippen LogP contribution in [0.1, 0.15) is 28.4 Å². The van der Waals surface area contributed by atoms with Gasteiger partial charge in [0, 0.05) is 10.0 Å². The summed E-state index contributed by atoms with van der Waals surface area (Å²) in [6, 6.07) is 7.45. The third-order valence-electron chi connectivity index (χ3n) is 3.09. The lowest BCUT2D eigenvalue weighted by atomic mass is 9.98. The number of aryl methyl sites for hydroxylation is 2. The monoisotopic (exact) mass is 326 g/mol. The Hall–Kier alpha value is -1.26. The molecule has 100 valence electrons. The van der Waals surface area contributed by atoms with Crippen molar-refractivity contribution >= 4 is 15.9 Å². The van der Waals surface area contributed by atoms with Gasteiger partial charge in [0.25, 0.3) is 0 Å². The fourth-order valence-electron chi connectivity index (χ4n) is 1.92. The van der Waals surface area contributed by atoms with E-state index < -0.39 is 17.7 Å². The topological polar surface area (TPSA) is 20.2 Å². The minimum Gasteiger partial charge on any atom is -0.384 e. The van der Waals surface area contributed by atoms with Gasteiger partial charge in [-0.1, -0.05) is 34.1 Å². The Labute approximate surface area is 119 Å². The second kappa shape index (κ2) is 5.39. The zero-order chi connectivity index (χ0) is 14.2. The van der Waals surface area contributed by atoms with Crippen molar-refractivity contribution < 1.29 is 13.9 Å². The van der Waals surface area contributed by atoms with Crippen LogP contribution in [-0.2, 0) is 0 Å². The summed E-state index contributed by atoms with van der Waals surface area (Å²) in [5.74, 6) is -1.14. The number of halogens is 3. The van der Waals surface area contributed by atoms with Gasteiger partial charge in [-0.25, -0.2) is 8.78 Å². The lowest BCUT2D eigenvalue weighted by Gasteiger charge is -2.16. The first-order chi connectivity index (χ1) is 8.91. The highest BCUT2D eigenvalue weighted by Crippen LogP contribution is 2.32. The summed E-state index contributed by atoms with van der Waals surface area (Å²) in [6.07, 6.45) is -1.20. The summed E-state index contributed by atoms with van der Waals surface area (Å²) in [4.78, 5) is 0. The maximum absolute atomic E-state index is 13.9. The first-order valence-electron chi connectivity index (χ1n) is 5.80. The molecule has 2 aromatic carbocycles. The Morgan fingerprint density at radius 2 is 1.68 bits per heavy atom. The van der Waals surface area contributed by atoms with E-state index in [1.165, 1.54) is 6.92 Å². The number of benzene rings is 2. The molecule has 19 heavy (non-hydrogen) atoms. The fraction of sp³-hybridized carbons (Fsp3) is 0.200. The molecule has 0 heterocycles. The number of aliphatic hydroxyl groups excluding tert-OH is 1. The highest BCUT2D eigenvalue weighted by atomic mass is 79.9. The van der Waals surface area contributed by atoms with E-state index in [-0.39, 0.29) is 11.1 Å². The molecule has 0 amide bonds. The minimum atomic E-state index is -1.20. The van der Waals surface area contributed by atoms with Crippen LogP contribution in [0.4, 0.5) is 8.78 Å². The number of rotatable bonds is 2. The summed E-state index contributed by atoms with van der Waals surface area (Å²) >= 11 is 3.36. The van der Waals surface area contributed by atoms with Crippen LogP contribution in [0.25, 0.3) is 0 Å². The van der Waals surface area contributed by atoms with E-state index in [0.29, 0.717) is 10.0 Å². The Morgan fingerprint density at radius 1 is 1.00 bits per heavy atom. The van der Waals surface area contributed by atoms with Crippen LogP contribution in [0.5, 0.6) is 0 Å². The fourth-order valence-corrected chi connectivity index (χ4v) is 2.40. The van der Waals surface area contributed by atoms with E-state index in [1.54, 1.807) is 12.1 Å². The first kappa shape index (κ1) is 14.2. The molecule has 0 aliphatic heterocycles. The summed E-state index contributed by atoms with van der Waals surface area (Å²) in [7, 11) is 0. The van der Waals surface area contributed by atoms with Gasteiger partial charge in [0.15, 0.2) is 0 Å². The van der Waals surface area contributed by atoms with Crippen LogP contribution in [0.3, 0.4) is 0 Å². The summed E-state index contributed by atoms with van der Waals surface area (Å²) < 4.78 is 28.1. The van der Waals surface area contributed by atoms with Crippen molar-refractivity contribution in [1.82, 2.24) is 0 Å². The quantitative estimate of drug-likeness (QED) is 0.865. The molecule has 0 bridgehead atoms. The van der Waals surface area contributed by atoms with Crippen LogP contribution < -0.4 is 0 Å². The molecule has 0 saturated heterocycles. The van der Waals surface area contributed by atoms with E-state index in [2.05, 4.69) is 15.9 Å². The van der Waals surface area contributed by atoms with Crippen molar-refractivity contribution in [3.05, 3.63) is 68.7 Å². The van der Waals surface area contributed by atoms with Crippen LogP contribution >= 0.6 is 15.9 Å². The molecule has 0 aromatic heterocycles. The van der Waals surface area contributed by atoms with E-state index >= 15 is 0 Å². The second-order valence-corrected chi connectivity index (χ2v) is 5.30. The maximum atomic E-state index is 13.9. The van der Waals surface area contributed by atoms with Crippen LogP contribution in [0.15, 0.2) is 34.8 Å². The van der Waals surface area contributed by atoms with Crippen LogP contribution in [0, 0.1) is 25.5 Å². The van der Waals surface area contributed by atoms with Crippen molar-refractivity contribution in [3.63, 3.8) is 0 Å². The van der Waals surface area contributed by atoms with Crippen molar-refractivity contribution in [2.45, 2.75) is 20.0 Å². The predicted octanol–water partition coefficient (Wildman–Crippen LogP) is 4.43. The zero-order valence-corrected chi connectivity index (χ0v) is 12.1. The summed E-state index contributed by atoms with van der Waals surface area (Å²) in [5, 5.41) is 10.3. The highest BCUT2D eigenvalue weighted by Gasteiger charge is 2.19. The van der Waals surface area contributed by atoms with Crippen molar-refractivity contribution in [3.8, 4) is 0 Å². The van der Waals surface area contributed by atoms with Gasteiger partial charge in [-0.2, -0.15) is 0 Å². The second-order valence-electron chi connectivity index (χ2n) is 4.50. The standard InChI is InChI=1S/C15H13BrF2O/c1-8-4-3-5-10(14(8)16)15(19)11-7-12(17)9(2)6-13(11)18/h3-7,15,19H,1-2H3. The minimum absolute atomic E-state index is 0.0607. The van der Waals surface area contributed by atoms with Gasteiger partial charge in [-0.15, -0.1) is 0 Å². The van der Waals surface area contributed by atoms with E-state index in [9.17, 15) is 13.9 Å². The lowest BCUT2D eigenvalue weighted by Crippen LogP contribution is -2.05. The van der Waals surface area contributed by atoms with Crippen molar-refractivity contribution in [2.75, 3.05) is 0 Å². The average molecular weight is 327 g/mol. The van der Waals surface area contributed by atoms with Crippen molar-refractivity contribution in [2.24, 2.45) is 0 Å². The molecule has 1 unspecified atom stereocenters. The van der Waals surface area contributed by atoms with Gasteiger partial charge in [0.1, 0.15) is 17.7 Å². The van der Waals surface area contributed by atoms with Gasteiger partial charge in [-0.05, 0) is 42.7 Å². The molecule has 0 radical (unpaired) electrons. The molecule has 2 rings (SSSR count). The third kappa shape index (κ3) is 2.69. The van der Waals surface area contributed by atoms with Gasteiger partial charge in [0.05, 0.1) is 0 Å². The van der Waals surface area contributed by atoms with Gasteiger partial charge >= 0.3 is 0 Å². The Balaban J connectivity index is 2.53. The Kier molecular flexibility index (Phi) is 4.02. The van der Waals surface area contributed by atoms with Crippen molar-refractivity contribution in [1.29, 1.82) is 0 Å². The molecule has 2 aromatic rings. The summed E-state index contributed by atoms with van der Waals surface area (Å²) in [5.41, 5.74) is 1.60. The molecule has 0 aliphatic rings. The SMILES string of the molecule is Cc1cc(F)c(C(O)c2cccc(C)c2Br)cc1F. The number of hydrogen-bond donors (Lipinski definition) is 1. The molecule has 1 nitrogen and oxygen atoms in total. The van der Waals surface area contributed by atoms with E-state index in [1.807, 2.05) is 13.0 Å². The molecule has 0 fully saturated rings. The third-order valence-corrected chi connectivity index (χ3v) is 4.17. The van der Waals surface area contributed by atoms with E-state index in [4.69, 9.17) is 0 Å². The molecular weight excluding hydrogens is 314 g/mol. The van der Waals surface area contributed by atoms with Crippen LogP contribution in [-0.4, -0.2) is 5.11 Å². The molecule has 4 heteroatoms. The highest BCUT2D eigenvalue weighted by molar-refractivity contribution is 9.10.